The van der Waals surface area contributed by atoms with Crippen molar-refractivity contribution >= 4 is 10.1 Å². The summed E-state index contributed by atoms with van der Waals surface area (Å²) in [4.78, 5) is 0. The van der Waals surface area contributed by atoms with Gasteiger partial charge in [-0.1, -0.05) is 117 Å². The summed E-state index contributed by atoms with van der Waals surface area (Å²) in [6.45, 7) is 4.32. The Morgan fingerprint density at radius 1 is 0.600 bits per heavy atom. The van der Waals surface area contributed by atoms with Gasteiger partial charge in [-0.25, -0.2) is 8.42 Å². The first-order valence-electron chi connectivity index (χ1n) is 12.5. The summed E-state index contributed by atoms with van der Waals surface area (Å²) in [6, 6.07) is 0. The van der Waals surface area contributed by atoms with Crippen LogP contribution in [-0.4, -0.2) is 29.4 Å². The Hall–Kier alpha value is 0.870. The van der Waals surface area contributed by atoms with Crippen molar-refractivity contribution in [1.29, 1.82) is 0 Å². The largest absolute Gasteiger partial charge is 1.00 e. The van der Waals surface area contributed by atoms with E-state index < -0.39 is 15.4 Å². The Labute approximate surface area is 210 Å². The van der Waals surface area contributed by atoms with Gasteiger partial charge in [0.15, 0.2) is 0 Å². The maximum absolute atomic E-state index is 11.4. The molecule has 0 heterocycles. The smallest absolute Gasteiger partial charge is 0.748 e. The molecule has 0 aliphatic carbocycles. The Bertz CT molecular complexity index is 442. The van der Waals surface area contributed by atoms with E-state index in [9.17, 15) is 18.1 Å². The Balaban J connectivity index is 0. The van der Waals surface area contributed by atoms with Crippen LogP contribution in [0.1, 0.15) is 142 Å². The van der Waals surface area contributed by atoms with E-state index in [1.165, 1.54) is 51.4 Å². The normalized spacial score (nSPS) is 13.7. The van der Waals surface area contributed by atoms with Crippen LogP contribution in [0.3, 0.4) is 0 Å². The number of hydrogen-bond acceptors (Lipinski definition) is 4. The first-order chi connectivity index (χ1) is 13.9. The molecule has 0 radical (unpaired) electrons. The van der Waals surface area contributed by atoms with Crippen molar-refractivity contribution in [3.05, 3.63) is 0 Å². The summed E-state index contributed by atoms with van der Waals surface area (Å²) in [7, 11) is -4.16. The van der Waals surface area contributed by atoms with Crippen LogP contribution < -0.4 is 29.6 Å². The van der Waals surface area contributed by atoms with Gasteiger partial charge in [0, 0.05) is 5.25 Å². The van der Waals surface area contributed by atoms with Crippen LogP contribution in [0.5, 0.6) is 0 Å². The van der Waals surface area contributed by atoms with E-state index in [1.807, 2.05) is 0 Å². The molecule has 0 amide bonds. The van der Waals surface area contributed by atoms with Gasteiger partial charge < -0.3 is 9.66 Å². The topological polar surface area (TPSA) is 77.4 Å². The SMILES string of the molecule is CCCCCCCCCCCC(O)CCCCCCC(CCCCC)S(=O)(=O)[O-].[Na+]. The number of hydrogen-bond donors (Lipinski definition) is 1. The van der Waals surface area contributed by atoms with Gasteiger partial charge in [-0.2, -0.15) is 0 Å². The molecule has 1 N–H and O–H groups in total. The minimum absolute atomic E-state index is 0. The second kappa shape index (κ2) is 23.0. The zero-order valence-corrected chi connectivity index (χ0v) is 23.2. The van der Waals surface area contributed by atoms with Crippen LogP contribution in [0.2, 0.25) is 0 Å². The van der Waals surface area contributed by atoms with Gasteiger partial charge in [-0.05, 0) is 25.7 Å². The number of rotatable bonds is 22. The third-order valence-electron chi connectivity index (χ3n) is 5.99. The van der Waals surface area contributed by atoms with E-state index in [0.717, 1.165) is 64.2 Å². The molecule has 0 aromatic rings. The monoisotopic (exact) mass is 456 g/mol. The van der Waals surface area contributed by atoms with Gasteiger partial charge in [0.2, 0.25) is 0 Å². The molecule has 0 aliphatic heterocycles. The summed E-state index contributed by atoms with van der Waals surface area (Å²) in [6.07, 6.45) is 20.9. The molecular formula is C24H49NaO4S. The minimum Gasteiger partial charge on any atom is -0.748 e. The second-order valence-electron chi connectivity index (χ2n) is 8.87. The molecule has 0 rings (SSSR count). The fraction of sp³-hybridized carbons (Fsp3) is 1.00. The van der Waals surface area contributed by atoms with Crippen molar-refractivity contribution in [3.63, 3.8) is 0 Å². The van der Waals surface area contributed by atoms with Gasteiger partial charge in [0.25, 0.3) is 0 Å². The van der Waals surface area contributed by atoms with Gasteiger partial charge in [-0.3, -0.25) is 0 Å². The van der Waals surface area contributed by atoms with Crippen LogP contribution in [0, 0.1) is 0 Å². The Morgan fingerprint density at radius 3 is 1.30 bits per heavy atom. The summed E-state index contributed by atoms with van der Waals surface area (Å²) in [5, 5.41) is 9.40. The molecule has 2 atom stereocenters. The molecular weight excluding hydrogens is 407 g/mol. The third kappa shape index (κ3) is 22.1. The van der Waals surface area contributed by atoms with Crippen LogP contribution in [-0.2, 0) is 10.1 Å². The first-order valence-corrected chi connectivity index (χ1v) is 14.0. The molecule has 0 saturated heterocycles. The zero-order valence-electron chi connectivity index (χ0n) is 20.4. The Kier molecular flexibility index (Phi) is 25.4. The zero-order chi connectivity index (χ0) is 21.8. The van der Waals surface area contributed by atoms with Crippen molar-refractivity contribution in [2.24, 2.45) is 0 Å². The number of aliphatic hydroxyl groups is 1. The fourth-order valence-electron chi connectivity index (χ4n) is 4.00. The molecule has 0 fully saturated rings. The minimum atomic E-state index is -4.16. The summed E-state index contributed by atoms with van der Waals surface area (Å²) >= 11 is 0. The third-order valence-corrected chi connectivity index (χ3v) is 7.28. The van der Waals surface area contributed by atoms with E-state index in [2.05, 4.69) is 13.8 Å². The standard InChI is InChI=1S/C24H50O4S.Na/c1-3-5-7-8-9-10-11-12-16-19-23(25)20-17-13-14-18-22-24(29(26,27)28)21-15-6-4-2;/h23-25H,3-22H2,1-2H3,(H,26,27,28);/q;+1/p-1. The molecule has 0 saturated carbocycles. The van der Waals surface area contributed by atoms with Crippen molar-refractivity contribution in [3.8, 4) is 0 Å². The summed E-state index contributed by atoms with van der Waals surface area (Å²) < 4.78 is 34.1. The van der Waals surface area contributed by atoms with Gasteiger partial charge >= 0.3 is 29.6 Å². The maximum Gasteiger partial charge on any atom is 1.00 e. The molecule has 2 unspecified atom stereocenters. The van der Waals surface area contributed by atoms with Gasteiger partial charge in [0.05, 0.1) is 16.2 Å². The van der Waals surface area contributed by atoms with E-state index >= 15 is 0 Å². The number of aliphatic hydroxyl groups excluding tert-OH is 1. The van der Waals surface area contributed by atoms with Crippen LogP contribution in [0.4, 0.5) is 0 Å². The number of unbranched alkanes of at least 4 members (excludes halogenated alkanes) is 13. The van der Waals surface area contributed by atoms with Crippen molar-refractivity contribution in [2.45, 2.75) is 154 Å². The van der Waals surface area contributed by atoms with E-state index in [-0.39, 0.29) is 35.7 Å². The predicted molar refractivity (Wildman–Crippen MR) is 123 cm³/mol. The molecule has 6 heteroatoms. The first kappa shape index (κ1) is 33.0. The van der Waals surface area contributed by atoms with Crippen molar-refractivity contribution in [1.82, 2.24) is 0 Å². The quantitative estimate of drug-likeness (QED) is 0.151. The van der Waals surface area contributed by atoms with Crippen molar-refractivity contribution < 1.29 is 47.6 Å². The maximum atomic E-state index is 11.4. The van der Waals surface area contributed by atoms with Gasteiger partial charge in [-0.15, -0.1) is 0 Å². The molecule has 0 spiro atoms. The summed E-state index contributed by atoms with van der Waals surface area (Å²) in [5.74, 6) is 0. The molecule has 0 aromatic heterocycles. The molecule has 4 nitrogen and oxygen atoms in total. The molecule has 0 aliphatic rings. The van der Waals surface area contributed by atoms with Crippen molar-refractivity contribution in [2.75, 3.05) is 0 Å². The fourth-order valence-corrected chi connectivity index (χ4v) is 4.91. The summed E-state index contributed by atoms with van der Waals surface area (Å²) in [5.41, 5.74) is 0. The average Bonchev–Trinajstić information content (AvgIpc) is 2.67. The second-order valence-corrected chi connectivity index (χ2v) is 10.5. The molecule has 30 heavy (non-hydrogen) atoms. The van der Waals surface area contributed by atoms with E-state index in [4.69, 9.17) is 0 Å². The molecule has 0 aromatic carbocycles. The average molecular weight is 457 g/mol. The van der Waals surface area contributed by atoms with E-state index in [1.54, 1.807) is 0 Å². The molecule has 0 bridgehead atoms. The Morgan fingerprint density at radius 2 is 0.900 bits per heavy atom. The van der Waals surface area contributed by atoms with Crippen LogP contribution in [0.25, 0.3) is 0 Å². The van der Waals surface area contributed by atoms with Gasteiger partial charge in [0.1, 0.15) is 0 Å². The van der Waals surface area contributed by atoms with E-state index in [0.29, 0.717) is 12.8 Å². The van der Waals surface area contributed by atoms with Crippen LogP contribution in [0.15, 0.2) is 0 Å². The molecule has 176 valence electrons. The predicted octanol–water partition coefficient (Wildman–Crippen LogP) is 4.11. The van der Waals surface area contributed by atoms with Crippen LogP contribution >= 0.6 is 0 Å².